The Hall–Kier alpha value is -1.19. The average molecular weight is 309 g/mol. The van der Waals surface area contributed by atoms with Crippen LogP contribution < -0.4 is 0 Å². The summed E-state index contributed by atoms with van der Waals surface area (Å²) in [7, 11) is 0. The maximum Gasteiger partial charge on any atom is 0.124 e. The minimum atomic E-state index is -0.695. The lowest BCUT2D eigenvalue weighted by Gasteiger charge is -2.12. The lowest BCUT2D eigenvalue weighted by atomic mass is 10.0. The smallest absolute Gasteiger partial charge is 0.124 e. The van der Waals surface area contributed by atoms with Gasteiger partial charge < -0.3 is 5.11 Å². The van der Waals surface area contributed by atoms with Crippen molar-refractivity contribution < 1.29 is 9.50 Å². The van der Waals surface area contributed by atoms with Crippen LogP contribution in [0.1, 0.15) is 22.8 Å². The summed E-state index contributed by atoms with van der Waals surface area (Å²) in [4.78, 5) is 0. The Bertz CT molecular complexity index is 516. The van der Waals surface area contributed by atoms with Gasteiger partial charge in [-0.1, -0.05) is 45.8 Å². The molecule has 0 saturated carbocycles. The molecule has 0 radical (unpaired) electrons. The molecule has 0 heterocycles. The van der Waals surface area contributed by atoms with E-state index in [-0.39, 0.29) is 5.82 Å². The van der Waals surface area contributed by atoms with Gasteiger partial charge in [0.1, 0.15) is 5.82 Å². The Balaban J connectivity index is 2.16. The third kappa shape index (κ3) is 3.40. The molecular formula is C15H14BrFO. The number of hydrogen-bond acceptors (Lipinski definition) is 1. The van der Waals surface area contributed by atoms with E-state index < -0.39 is 6.10 Å². The van der Waals surface area contributed by atoms with Crippen molar-refractivity contribution in [2.75, 3.05) is 0 Å². The summed E-state index contributed by atoms with van der Waals surface area (Å²) in [6.45, 7) is 2.02. The van der Waals surface area contributed by atoms with E-state index in [1.54, 1.807) is 6.07 Å². The Morgan fingerprint density at radius 2 is 1.83 bits per heavy atom. The maximum absolute atomic E-state index is 13.2. The van der Waals surface area contributed by atoms with Crippen LogP contribution in [0, 0.1) is 12.7 Å². The molecule has 2 aromatic carbocycles. The molecule has 1 unspecified atom stereocenters. The Morgan fingerprint density at radius 3 is 2.44 bits per heavy atom. The molecule has 2 aromatic rings. The fourth-order valence-corrected chi connectivity index (χ4v) is 2.32. The van der Waals surface area contributed by atoms with Crippen molar-refractivity contribution in [3.63, 3.8) is 0 Å². The largest absolute Gasteiger partial charge is 0.388 e. The molecule has 3 heteroatoms. The summed E-state index contributed by atoms with van der Waals surface area (Å²) >= 11 is 3.23. The first-order valence-corrected chi connectivity index (χ1v) is 6.53. The van der Waals surface area contributed by atoms with E-state index in [1.165, 1.54) is 17.7 Å². The van der Waals surface area contributed by atoms with Crippen LogP contribution in [-0.2, 0) is 6.42 Å². The van der Waals surface area contributed by atoms with E-state index in [9.17, 15) is 9.50 Å². The zero-order valence-electron chi connectivity index (χ0n) is 10.0. The molecule has 1 N–H and O–H groups in total. The van der Waals surface area contributed by atoms with Crippen molar-refractivity contribution in [3.8, 4) is 0 Å². The van der Waals surface area contributed by atoms with E-state index in [0.29, 0.717) is 16.5 Å². The van der Waals surface area contributed by atoms with Crippen LogP contribution >= 0.6 is 15.9 Å². The van der Waals surface area contributed by atoms with Gasteiger partial charge in [0.05, 0.1) is 6.10 Å². The lowest BCUT2D eigenvalue weighted by Crippen LogP contribution is -2.02. The molecule has 0 bridgehead atoms. The quantitative estimate of drug-likeness (QED) is 0.902. The van der Waals surface area contributed by atoms with Gasteiger partial charge in [-0.15, -0.1) is 0 Å². The van der Waals surface area contributed by atoms with Crippen LogP contribution in [-0.4, -0.2) is 5.11 Å². The minimum Gasteiger partial charge on any atom is -0.388 e. The number of rotatable bonds is 3. The molecule has 94 valence electrons. The summed E-state index contributed by atoms with van der Waals surface area (Å²) in [5.74, 6) is -0.345. The summed E-state index contributed by atoms with van der Waals surface area (Å²) in [5, 5.41) is 10.1. The van der Waals surface area contributed by atoms with E-state index in [1.807, 2.05) is 31.2 Å². The molecule has 0 spiro atoms. The third-order valence-electron chi connectivity index (χ3n) is 2.82. The van der Waals surface area contributed by atoms with Crippen molar-refractivity contribution in [2.45, 2.75) is 19.4 Å². The van der Waals surface area contributed by atoms with Crippen LogP contribution in [0.15, 0.2) is 46.9 Å². The molecule has 0 fully saturated rings. The van der Waals surface area contributed by atoms with Gasteiger partial charge in [-0.25, -0.2) is 4.39 Å². The molecule has 18 heavy (non-hydrogen) atoms. The molecule has 0 aliphatic rings. The first kappa shape index (κ1) is 13.2. The van der Waals surface area contributed by atoms with Gasteiger partial charge in [0.15, 0.2) is 0 Å². The van der Waals surface area contributed by atoms with Crippen molar-refractivity contribution >= 4 is 15.9 Å². The fourth-order valence-electron chi connectivity index (χ4n) is 1.83. The fraction of sp³-hybridized carbons (Fsp3) is 0.200. The van der Waals surface area contributed by atoms with Gasteiger partial charge in [-0.2, -0.15) is 0 Å². The Kier molecular flexibility index (Phi) is 4.15. The summed E-state index contributed by atoms with van der Waals surface area (Å²) < 4.78 is 13.9. The predicted molar refractivity (Wildman–Crippen MR) is 73.9 cm³/mol. The third-order valence-corrected chi connectivity index (χ3v) is 3.28. The molecule has 2 rings (SSSR count). The normalized spacial score (nSPS) is 12.4. The average Bonchev–Trinajstić information content (AvgIpc) is 2.31. The summed E-state index contributed by atoms with van der Waals surface area (Å²) in [6.07, 6.45) is -0.212. The molecule has 1 atom stereocenters. The molecule has 1 nitrogen and oxygen atoms in total. The van der Waals surface area contributed by atoms with E-state index in [0.717, 1.165) is 5.56 Å². The van der Waals surface area contributed by atoms with Gasteiger partial charge in [0.2, 0.25) is 0 Å². The predicted octanol–water partition coefficient (Wildman–Crippen LogP) is 4.17. The van der Waals surface area contributed by atoms with Crippen molar-refractivity contribution in [3.05, 3.63) is 69.4 Å². The number of aliphatic hydroxyl groups excluding tert-OH is 1. The molecule has 0 aromatic heterocycles. The highest BCUT2D eigenvalue weighted by Gasteiger charge is 2.10. The van der Waals surface area contributed by atoms with E-state index in [2.05, 4.69) is 15.9 Å². The van der Waals surface area contributed by atoms with Gasteiger partial charge in [-0.3, -0.25) is 0 Å². The van der Waals surface area contributed by atoms with Gasteiger partial charge in [-0.05, 0) is 36.2 Å². The number of benzene rings is 2. The highest BCUT2D eigenvalue weighted by atomic mass is 79.9. The molecular weight excluding hydrogens is 295 g/mol. The molecule has 0 aliphatic heterocycles. The van der Waals surface area contributed by atoms with Crippen LogP contribution in [0.5, 0.6) is 0 Å². The Morgan fingerprint density at radius 1 is 1.17 bits per heavy atom. The summed E-state index contributed by atoms with van der Waals surface area (Å²) in [5.41, 5.74) is 2.80. The molecule has 0 saturated heterocycles. The topological polar surface area (TPSA) is 20.2 Å². The zero-order chi connectivity index (χ0) is 13.1. The second-order valence-electron chi connectivity index (χ2n) is 4.41. The van der Waals surface area contributed by atoms with Gasteiger partial charge in [0.25, 0.3) is 0 Å². The van der Waals surface area contributed by atoms with E-state index >= 15 is 0 Å². The maximum atomic E-state index is 13.2. The standard InChI is InChI=1S/C15H14BrFO/c1-10-2-4-11(5-3-10)6-15(18)12-7-13(16)9-14(17)8-12/h2-5,7-9,15,18H,6H2,1H3. The first-order chi connectivity index (χ1) is 8.54. The monoisotopic (exact) mass is 308 g/mol. The van der Waals surface area contributed by atoms with Crippen LogP contribution in [0.25, 0.3) is 0 Å². The molecule has 0 aliphatic carbocycles. The van der Waals surface area contributed by atoms with Crippen molar-refractivity contribution in [2.24, 2.45) is 0 Å². The number of aryl methyl sites for hydroxylation is 1. The number of aliphatic hydroxyl groups is 1. The Labute approximate surface area is 114 Å². The minimum absolute atomic E-state index is 0.345. The van der Waals surface area contributed by atoms with Crippen LogP contribution in [0.3, 0.4) is 0 Å². The lowest BCUT2D eigenvalue weighted by molar-refractivity contribution is 0.178. The van der Waals surface area contributed by atoms with Crippen LogP contribution in [0.2, 0.25) is 0 Å². The second-order valence-corrected chi connectivity index (χ2v) is 5.32. The zero-order valence-corrected chi connectivity index (χ0v) is 11.6. The second kappa shape index (κ2) is 5.63. The number of hydrogen-bond donors (Lipinski definition) is 1. The van der Waals surface area contributed by atoms with Crippen molar-refractivity contribution in [1.82, 2.24) is 0 Å². The first-order valence-electron chi connectivity index (χ1n) is 5.74. The SMILES string of the molecule is Cc1ccc(CC(O)c2cc(F)cc(Br)c2)cc1. The summed E-state index contributed by atoms with van der Waals surface area (Å²) in [6, 6.07) is 12.4. The van der Waals surface area contributed by atoms with Gasteiger partial charge >= 0.3 is 0 Å². The van der Waals surface area contributed by atoms with Crippen LogP contribution in [0.4, 0.5) is 4.39 Å². The van der Waals surface area contributed by atoms with Gasteiger partial charge in [0, 0.05) is 10.9 Å². The highest BCUT2D eigenvalue weighted by molar-refractivity contribution is 9.10. The highest BCUT2D eigenvalue weighted by Crippen LogP contribution is 2.23. The number of halogens is 2. The molecule has 0 amide bonds. The van der Waals surface area contributed by atoms with E-state index in [4.69, 9.17) is 0 Å². The van der Waals surface area contributed by atoms with Crippen molar-refractivity contribution in [1.29, 1.82) is 0 Å².